The van der Waals surface area contributed by atoms with Crippen molar-refractivity contribution in [1.82, 2.24) is 9.97 Å². The maximum Gasteiger partial charge on any atom is 0.266 e. The molecule has 0 atom stereocenters. The quantitative estimate of drug-likeness (QED) is 0.784. The van der Waals surface area contributed by atoms with Crippen LogP contribution in [0.25, 0.3) is 11.0 Å². The van der Waals surface area contributed by atoms with Crippen LogP contribution in [0.2, 0.25) is 0 Å². The lowest BCUT2D eigenvalue weighted by atomic mass is 10.3. The third-order valence-electron chi connectivity index (χ3n) is 3.67. The van der Waals surface area contributed by atoms with Crippen molar-refractivity contribution in [2.24, 2.45) is 0 Å². The molecule has 5 nitrogen and oxygen atoms in total. The normalized spacial score (nSPS) is 15.0. The number of hydrogen-bond donors (Lipinski definition) is 1. The molecule has 0 saturated carbocycles. The number of hydrogen-bond acceptors (Lipinski definition) is 4. The molecule has 0 amide bonds. The molecule has 112 valence electrons. The highest BCUT2D eigenvalue weighted by atomic mass is 32.2. The second-order valence-corrected chi connectivity index (χ2v) is 7.91. The van der Waals surface area contributed by atoms with Crippen molar-refractivity contribution in [3.05, 3.63) is 48.8 Å². The van der Waals surface area contributed by atoms with Gasteiger partial charge >= 0.3 is 0 Å². The minimum atomic E-state index is -3.61. The maximum absolute atomic E-state index is 13.1. The first-order chi connectivity index (χ1) is 10.7. The highest BCUT2D eigenvalue weighted by Gasteiger charge is 2.31. The molecular weight excluding hydrogens is 318 g/mol. The second kappa shape index (κ2) is 5.03. The number of anilines is 1. The molecule has 1 aliphatic heterocycles. The predicted octanol–water partition coefficient (Wildman–Crippen LogP) is 2.86. The van der Waals surface area contributed by atoms with Crippen molar-refractivity contribution in [2.45, 2.75) is 9.79 Å². The van der Waals surface area contributed by atoms with Gasteiger partial charge in [-0.2, -0.15) is 0 Å². The summed E-state index contributed by atoms with van der Waals surface area (Å²) >= 11 is 1.68. The molecule has 3 heterocycles. The fraction of sp³-hybridized carbons (Fsp3) is 0.133. The molecule has 1 N–H and O–H groups in total. The van der Waals surface area contributed by atoms with Crippen molar-refractivity contribution in [3.8, 4) is 0 Å². The smallest absolute Gasteiger partial charge is 0.266 e. The van der Waals surface area contributed by atoms with Gasteiger partial charge in [0.25, 0.3) is 10.0 Å². The van der Waals surface area contributed by atoms with Gasteiger partial charge in [0.05, 0.1) is 5.69 Å². The minimum Gasteiger partial charge on any atom is -0.345 e. The molecule has 3 aromatic rings. The van der Waals surface area contributed by atoms with Crippen LogP contribution in [0.1, 0.15) is 0 Å². The van der Waals surface area contributed by atoms with Crippen molar-refractivity contribution in [1.29, 1.82) is 0 Å². The number of H-pyrrole nitrogens is 1. The number of nitrogens with zero attached hydrogens (tertiary/aromatic N) is 2. The molecule has 4 rings (SSSR count). The molecule has 0 unspecified atom stereocenters. The van der Waals surface area contributed by atoms with E-state index in [0.29, 0.717) is 17.6 Å². The number of aromatic amines is 1. The van der Waals surface area contributed by atoms with Crippen LogP contribution in [0.3, 0.4) is 0 Å². The maximum atomic E-state index is 13.1. The van der Waals surface area contributed by atoms with Crippen LogP contribution in [-0.2, 0) is 10.0 Å². The first-order valence-corrected chi connectivity index (χ1v) is 9.27. The summed E-state index contributed by atoms with van der Waals surface area (Å²) in [5.74, 6) is 0.747. The van der Waals surface area contributed by atoms with E-state index in [9.17, 15) is 8.42 Å². The molecule has 22 heavy (non-hydrogen) atoms. The highest BCUT2D eigenvalue weighted by molar-refractivity contribution is 8.00. The summed E-state index contributed by atoms with van der Waals surface area (Å²) in [7, 11) is -3.61. The SMILES string of the molecule is O=S(=O)(c1c[nH]c2ncccc12)N1CCSc2ccccc21. The average molecular weight is 331 g/mol. The average Bonchev–Trinajstić information content (AvgIpc) is 2.99. The number of fused-ring (bicyclic) bond motifs is 2. The van der Waals surface area contributed by atoms with E-state index in [4.69, 9.17) is 0 Å². The number of para-hydroxylation sites is 1. The number of thioether (sulfide) groups is 1. The summed E-state index contributed by atoms with van der Waals surface area (Å²) in [6, 6.07) is 11.1. The van der Waals surface area contributed by atoms with Crippen LogP contribution in [0, 0.1) is 0 Å². The van der Waals surface area contributed by atoms with Crippen molar-refractivity contribution in [3.63, 3.8) is 0 Å². The van der Waals surface area contributed by atoms with Gasteiger partial charge < -0.3 is 4.98 Å². The number of benzene rings is 1. The third-order valence-corrected chi connectivity index (χ3v) is 6.56. The highest BCUT2D eigenvalue weighted by Crippen LogP contribution is 2.38. The van der Waals surface area contributed by atoms with Gasteiger partial charge in [0.2, 0.25) is 0 Å². The summed E-state index contributed by atoms with van der Waals surface area (Å²) in [5, 5.41) is 0.623. The van der Waals surface area contributed by atoms with E-state index in [2.05, 4.69) is 9.97 Å². The Kier molecular flexibility index (Phi) is 3.12. The van der Waals surface area contributed by atoms with Crippen molar-refractivity contribution >= 4 is 38.5 Å². The predicted molar refractivity (Wildman–Crippen MR) is 87.8 cm³/mol. The molecule has 0 saturated heterocycles. The lowest BCUT2D eigenvalue weighted by molar-refractivity contribution is 0.592. The second-order valence-electron chi connectivity index (χ2n) is 4.95. The Balaban J connectivity index is 1.89. The van der Waals surface area contributed by atoms with Crippen LogP contribution in [0.15, 0.2) is 58.6 Å². The van der Waals surface area contributed by atoms with E-state index in [0.717, 1.165) is 16.3 Å². The number of nitrogens with one attached hydrogen (secondary N) is 1. The van der Waals surface area contributed by atoms with Crippen molar-refractivity contribution < 1.29 is 8.42 Å². The van der Waals surface area contributed by atoms with Gasteiger partial charge in [-0.05, 0) is 24.3 Å². The summed E-state index contributed by atoms with van der Waals surface area (Å²) in [5.41, 5.74) is 1.33. The molecule has 0 fully saturated rings. The Labute approximate surface area is 132 Å². The van der Waals surface area contributed by atoms with Gasteiger partial charge in [0, 0.05) is 35.0 Å². The Bertz CT molecular complexity index is 950. The van der Waals surface area contributed by atoms with E-state index < -0.39 is 10.0 Å². The largest absolute Gasteiger partial charge is 0.345 e. The fourth-order valence-corrected chi connectivity index (χ4v) is 5.46. The molecule has 0 aliphatic carbocycles. The van der Waals surface area contributed by atoms with Gasteiger partial charge in [0.1, 0.15) is 10.5 Å². The molecule has 7 heteroatoms. The van der Waals surface area contributed by atoms with Gasteiger partial charge in [-0.25, -0.2) is 13.4 Å². The summed E-state index contributed by atoms with van der Waals surface area (Å²) < 4.78 is 27.7. The lowest BCUT2D eigenvalue weighted by Crippen LogP contribution is -2.35. The Hall–Kier alpha value is -1.99. The standard InChI is InChI=1S/C15H13N3O2S2/c19-22(20,14-10-17-15-11(14)4-3-7-16-15)18-8-9-21-13-6-2-1-5-12(13)18/h1-7,10H,8-9H2,(H,16,17). The molecule has 1 aliphatic rings. The first-order valence-electron chi connectivity index (χ1n) is 6.84. The first kappa shape index (κ1) is 13.7. The van der Waals surface area contributed by atoms with Crippen LogP contribution in [0.4, 0.5) is 5.69 Å². The lowest BCUT2D eigenvalue weighted by Gasteiger charge is -2.29. The summed E-state index contributed by atoms with van der Waals surface area (Å²) in [6.07, 6.45) is 3.17. The van der Waals surface area contributed by atoms with E-state index in [1.807, 2.05) is 24.3 Å². The molecule has 1 aromatic carbocycles. The molecular formula is C15H13N3O2S2. The Morgan fingerprint density at radius 2 is 2.05 bits per heavy atom. The molecule has 0 bridgehead atoms. The Morgan fingerprint density at radius 3 is 2.95 bits per heavy atom. The molecule has 0 spiro atoms. The van der Waals surface area contributed by atoms with Crippen molar-refractivity contribution in [2.75, 3.05) is 16.6 Å². The zero-order chi connectivity index (χ0) is 15.2. The van der Waals surface area contributed by atoms with E-state index in [-0.39, 0.29) is 4.90 Å². The van der Waals surface area contributed by atoms with Gasteiger partial charge in [-0.1, -0.05) is 12.1 Å². The third kappa shape index (κ3) is 2.00. The van der Waals surface area contributed by atoms with Gasteiger partial charge in [-0.15, -0.1) is 11.8 Å². The van der Waals surface area contributed by atoms with Crippen LogP contribution < -0.4 is 4.31 Å². The number of rotatable bonds is 2. The minimum absolute atomic E-state index is 0.275. The number of aromatic nitrogens is 2. The van der Waals surface area contributed by atoms with Crippen LogP contribution in [-0.4, -0.2) is 30.7 Å². The number of pyridine rings is 1. The summed E-state index contributed by atoms with van der Waals surface area (Å²) in [4.78, 5) is 8.37. The zero-order valence-electron chi connectivity index (χ0n) is 11.6. The Morgan fingerprint density at radius 1 is 1.18 bits per heavy atom. The molecule has 2 aromatic heterocycles. The van der Waals surface area contributed by atoms with Crippen LogP contribution >= 0.6 is 11.8 Å². The molecule has 0 radical (unpaired) electrons. The fourth-order valence-electron chi connectivity index (χ4n) is 2.66. The van der Waals surface area contributed by atoms with E-state index >= 15 is 0 Å². The topological polar surface area (TPSA) is 66.1 Å². The van der Waals surface area contributed by atoms with E-state index in [1.54, 1.807) is 30.1 Å². The zero-order valence-corrected chi connectivity index (χ0v) is 13.2. The summed E-state index contributed by atoms with van der Waals surface area (Å²) in [6.45, 7) is 0.469. The van der Waals surface area contributed by atoms with Gasteiger partial charge in [-0.3, -0.25) is 4.31 Å². The van der Waals surface area contributed by atoms with Gasteiger partial charge in [0.15, 0.2) is 0 Å². The van der Waals surface area contributed by atoms with Crippen LogP contribution in [0.5, 0.6) is 0 Å². The number of sulfonamides is 1. The van der Waals surface area contributed by atoms with E-state index in [1.165, 1.54) is 10.5 Å². The monoisotopic (exact) mass is 331 g/mol.